The first-order valence-corrected chi connectivity index (χ1v) is 14.1. The number of fused-ring (bicyclic) bond motifs is 1. The summed E-state index contributed by atoms with van der Waals surface area (Å²) in [6.45, 7) is 3.74. The molecule has 5 rings (SSSR count). The van der Waals surface area contributed by atoms with E-state index >= 15 is 0 Å². The van der Waals surface area contributed by atoms with E-state index in [-0.39, 0.29) is 35.2 Å². The molecule has 202 valence electrons. The lowest BCUT2D eigenvalue weighted by Crippen LogP contribution is -2.59. The van der Waals surface area contributed by atoms with Crippen molar-refractivity contribution < 1.29 is 24.2 Å². The van der Waals surface area contributed by atoms with Crippen LogP contribution in [0.1, 0.15) is 31.4 Å². The van der Waals surface area contributed by atoms with Gasteiger partial charge >= 0.3 is 0 Å². The molecule has 3 saturated heterocycles. The highest BCUT2D eigenvalue weighted by molar-refractivity contribution is 9.09. The quantitative estimate of drug-likeness (QED) is 0.392. The normalized spacial score (nSPS) is 30.4. The van der Waals surface area contributed by atoms with Crippen molar-refractivity contribution in [1.82, 2.24) is 15.5 Å². The third-order valence-corrected chi connectivity index (χ3v) is 8.78. The van der Waals surface area contributed by atoms with Gasteiger partial charge in [-0.25, -0.2) is 0 Å². The minimum absolute atomic E-state index is 0.153. The molecule has 0 aromatic heterocycles. The van der Waals surface area contributed by atoms with Crippen molar-refractivity contribution in [1.29, 1.82) is 0 Å². The Morgan fingerprint density at radius 3 is 2.32 bits per heavy atom. The molecule has 2 aromatic carbocycles. The number of carbonyl (C=O) groups is 3. The highest BCUT2D eigenvalue weighted by atomic mass is 79.9. The Hall–Kier alpha value is -2.75. The molecule has 0 saturated carbocycles. The molecule has 3 aliphatic rings. The van der Waals surface area contributed by atoms with Gasteiger partial charge in [-0.1, -0.05) is 76.6 Å². The maximum Gasteiger partial charge on any atom is 0.246 e. The second-order valence-corrected chi connectivity index (χ2v) is 12.0. The number of benzene rings is 2. The maximum atomic E-state index is 14.2. The summed E-state index contributed by atoms with van der Waals surface area (Å²) in [5.41, 5.74) is 0.734. The topological polar surface area (TPSA) is 108 Å². The number of likely N-dealkylation sites (tertiary alicyclic amines) is 1. The molecular weight excluding hydrogens is 550 g/mol. The average molecular weight is 585 g/mol. The second kappa shape index (κ2) is 10.8. The molecule has 9 heteroatoms. The molecule has 3 amide bonds. The zero-order valence-corrected chi connectivity index (χ0v) is 23.1. The highest BCUT2D eigenvalue weighted by Gasteiger charge is 2.77. The maximum absolute atomic E-state index is 14.2. The monoisotopic (exact) mass is 583 g/mol. The Balaban J connectivity index is 1.49. The fourth-order valence-electron chi connectivity index (χ4n) is 6.46. The van der Waals surface area contributed by atoms with E-state index in [1.54, 1.807) is 0 Å². The number of amides is 3. The van der Waals surface area contributed by atoms with E-state index in [1.807, 2.05) is 74.5 Å². The molecule has 3 unspecified atom stereocenters. The van der Waals surface area contributed by atoms with E-state index in [0.29, 0.717) is 19.4 Å². The van der Waals surface area contributed by atoms with Crippen LogP contribution >= 0.6 is 15.9 Å². The summed E-state index contributed by atoms with van der Waals surface area (Å²) in [4.78, 5) is 42.9. The summed E-state index contributed by atoms with van der Waals surface area (Å²) in [5.74, 6) is -2.47. The Labute approximate surface area is 231 Å². The van der Waals surface area contributed by atoms with E-state index in [4.69, 9.17) is 4.74 Å². The van der Waals surface area contributed by atoms with Crippen LogP contribution in [0, 0.1) is 11.8 Å². The van der Waals surface area contributed by atoms with E-state index < -0.39 is 35.6 Å². The van der Waals surface area contributed by atoms with Gasteiger partial charge < -0.3 is 25.4 Å². The molecule has 2 aromatic rings. The number of alkyl halides is 1. The van der Waals surface area contributed by atoms with Crippen LogP contribution in [-0.2, 0) is 32.1 Å². The van der Waals surface area contributed by atoms with Crippen LogP contribution in [0.2, 0.25) is 0 Å². The van der Waals surface area contributed by atoms with Gasteiger partial charge in [0.25, 0.3) is 0 Å². The summed E-state index contributed by atoms with van der Waals surface area (Å²) in [6.07, 6.45) is 0.272. The predicted octanol–water partition coefficient (Wildman–Crippen LogP) is 2.18. The van der Waals surface area contributed by atoms with Gasteiger partial charge in [0.05, 0.1) is 30.6 Å². The van der Waals surface area contributed by atoms with Crippen LogP contribution in [0.15, 0.2) is 60.7 Å². The molecule has 38 heavy (non-hydrogen) atoms. The number of aliphatic hydroxyl groups is 1. The fraction of sp³-hybridized carbons (Fsp3) is 0.483. The lowest BCUT2D eigenvalue weighted by atomic mass is 9.70. The first kappa shape index (κ1) is 26.8. The number of hydrogen-bond acceptors (Lipinski definition) is 5. The Morgan fingerprint density at radius 2 is 1.71 bits per heavy atom. The van der Waals surface area contributed by atoms with Gasteiger partial charge in [0, 0.05) is 17.4 Å². The van der Waals surface area contributed by atoms with Gasteiger partial charge in [-0.05, 0) is 37.8 Å². The Bertz CT molecular complexity index is 1180. The second-order valence-electron chi connectivity index (χ2n) is 10.8. The molecule has 3 aliphatic heterocycles. The zero-order chi connectivity index (χ0) is 27.0. The highest BCUT2D eigenvalue weighted by Crippen LogP contribution is 2.60. The number of aliphatic hydroxyl groups excluding tert-OH is 1. The standard InChI is InChI=1S/C29H34BrN3O5/c1-17(2)32-27(36)25-29-14-21(30)24(38-29)22(26(35)31-15-19-11-7-4-8-12-19)23(29)28(37)33(25)20(16-34)13-18-9-5-3-6-10-18/h3-12,17,20-25,34H,13-16H2,1-2H3,(H,31,35)(H,32,36)/t20-,21?,22-,23+,24-,25?,29?/m1/s1. The van der Waals surface area contributed by atoms with Gasteiger partial charge in [0.1, 0.15) is 11.6 Å². The van der Waals surface area contributed by atoms with Crippen molar-refractivity contribution in [2.45, 2.75) is 67.9 Å². The van der Waals surface area contributed by atoms with Gasteiger partial charge in [-0.15, -0.1) is 0 Å². The van der Waals surface area contributed by atoms with Gasteiger partial charge in [0.15, 0.2) is 0 Å². The number of carbonyl (C=O) groups excluding carboxylic acids is 3. The summed E-state index contributed by atoms with van der Waals surface area (Å²) in [6, 6.07) is 17.4. The SMILES string of the molecule is CC(C)NC(=O)C1N([C@@H](CO)Cc2ccccc2)C(=O)[C@@H]2[C@@H](C(=O)NCc3ccccc3)[C@@H]3OC12CC3Br. The first-order chi connectivity index (χ1) is 18.3. The van der Waals surface area contributed by atoms with Crippen LogP contribution in [-0.4, -0.2) is 69.0 Å². The molecule has 3 heterocycles. The largest absolute Gasteiger partial charge is 0.394 e. The van der Waals surface area contributed by atoms with E-state index in [0.717, 1.165) is 11.1 Å². The number of nitrogens with zero attached hydrogens (tertiary/aromatic N) is 1. The molecule has 2 bridgehead atoms. The molecular formula is C29H34BrN3O5. The van der Waals surface area contributed by atoms with Crippen LogP contribution in [0.25, 0.3) is 0 Å². The number of rotatable bonds is 9. The van der Waals surface area contributed by atoms with Crippen LogP contribution in [0.3, 0.4) is 0 Å². The number of ether oxygens (including phenoxy) is 1. The Morgan fingerprint density at radius 1 is 1.08 bits per heavy atom. The molecule has 1 spiro atoms. The van der Waals surface area contributed by atoms with Crippen molar-refractivity contribution >= 4 is 33.7 Å². The predicted molar refractivity (Wildman–Crippen MR) is 145 cm³/mol. The number of hydrogen-bond donors (Lipinski definition) is 3. The smallest absolute Gasteiger partial charge is 0.246 e. The van der Waals surface area contributed by atoms with Crippen LogP contribution < -0.4 is 10.6 Å². The average Bonchev–Trinajstić information content (AvgIpc) is 3.50. The van der Waals surface area contributed by atoms with Gasteiger partial charge in [0.2, 0.25) is 17.7 Å². The summed E-state index contributed by atoms with van der Waals surface area (Å²) in [7, 11) is 0. The van der Waals surface area contributed by atoms with E-state index in [2.05, 4.69) is 26.6 Å². The lowest BCUT2D eigenvalue weighted by Gasteiger charge is -2.37. The van der Waals surface area contributed by atoms with E-state index in [9.17, 15) is 19.5 Å². The number of nitrogens with one attached hydrogen (secondary N) is 2. The Kier molecular flexibility index (Phi) is 7.62. The van der Waals surface area contributed by atoms with Crippen LogP contribution in [0.4, 0.5) is 0 Å². The minimum Gasteiger partial charge on any atom is -0.394 e. The van der Waals surface area contributed by atoms with Crippen molar-refractivity contribution in [3.05, 3.63) is 71.8 Å². The van der Waals surface area contributed by atoms with Crippen molar-refractivity contribution in [2.75, 3.05) is 6.61 Å². The summed E-state index contributed by atoms with van der Waals surface area (Å²) < 4.78 is 6.53. The van der Waals surface area contributed by atoms with Crippen molar-refractivity contribution in [3.63, 3.8) is 0 Å². The third-order valence-electron chi connectivity index (χ3n) is 7.94. The summed E-state index contributed by atoms with van der Waals surface area (Å²) in [5, 5.41) is 16.4. The minimum atomic E-state index is -1.16. The fourth-order valence-corrected chi connectivity index (χ4v) is 7.41. The third kappa shape index (κ3) is 4.65. The van der Waals surface area contributed by atoms with Crippen molar-refractivity contribution in [3.8, 4) is 0 Å². The molecule has 0 aliphatic carbocycles. The molecule has 7 atom stereocenters. The van der Waals surface area contributed by atoms with Gasteiger partial charge in [-0.3, -0.25) is 14.4 Å². The molecule has 8 nitrogen and oxygen atoms in total. The van der Waals surface area contributed by atoms with E-state index in [1.165, 1.54) is 4.90 Å². The van der Waals surface area contributed by atoms with Gasteiger partial charge in [-0.2, -0.15) is 0 Å². The lowest BCUT2D eigenvalue weighted by molar-refractivity contribution is -0.145. The number of halogens is 1. The molecule has 3 fully saturated rings. The summed E-state index contributed by atoms with van der Waals surface area (Å²) >= 11 is 3.69. The zero-order valence-electron chi connectivity index (χ0n) is 21.5. The first-order valence-electron chi connectivity index (χ1n) is 13.2. The molecule has 3 N–H and O–H groups in total. The van der Waals surface area contributed by atoms with Crippen LogP contribution in [0.5, 0.6) is 0 Å². The van der Waals surface area contributed by atoms with Crippen molar-refractivity contribution in [2.24, 2.45) is 11.8 Å². The molecule has 0 radical (unpaired) electrons.